The molecule has 3 rings (SSSR count). The molecule has 0 atom stereocenters. The Bertz CT molecular complexity index is 672. The van der Waals surface area contributed by atoms with E-state index in [1.54, 1.807) is 6.07 Å². The lowest BCUT2D eigenvalue weighted by atomic mass is 10.1. The van der Waals surface area contributed by atoms with Gasteiger partial charge in [-0.05, 0) is 30.4 Å². The molecule has 1 fully saturated rings. The number of aromatic amines is 1. The Morgan fingerprint density at radius 3 is 2.89 bits per heavy atom. The highest BCUT2D eigenvalue weighted by Crippen LogP contribution is 2.13. The molecular formula is C14H14N2O3. The Kier molecular flexibility index (Phi) is 3.05. The maximum atomic E-state index is 12.2. The average molecular weight is 258 g/mol. The molecule has 2 aromatic rings. The lowest BCUT2D eigenvalue weighted by molar-refractivity contribution is -0.144. The number of hydroxylamine groups is 2. The van der Waals surface area contributed by atoms with Crippen LogP contribution >= 0.6 is 0 Å². The van der Waals surface area contributed by atoms with Crippen LogP contribution in [0.5, 0.6) is 0 Å². The van der Waals surface area contributed by atoms with Crippen LogP contribution in [-0.4, -0.2) is 29.1 Å². The van der Waals surface area contributed by atoms with Gasteiger partial charge in [-0.1, -0.05) is 18.2 Å². The summed E-state index contributed by atoms with van der Waals surface area (Å²) in [7, 11) is 0. The van der Waals surface area contributed by atoms with Crippen molar-refractivity contribution < 1.29 is 9.63 Å². The summed E-state index contributed by atoms with van der Waals surface area (Å²) in [4.78, 5) is 32.2. The zero-order valence-electron chi connectivity index (χ0n) is 10.4. The predicted molar refractivity (Wildman–Crippen MR) is 70.8 cm³/mol. The van der Waals surface area contributed by atoms with Crippen LogP contribution in [0.1, 0.15) is 23.2 Å². The first kappa shape index (κ1) is 11.9. The van der Waals surface area contributed by atoms with E-state index in [4.69, 9.17) is 4.84 Å². The van der Waals surface area contributed by atoms with Gasteiger partial charge in [0.25, 0.3) is 11.5 Å². The zero-order valence-corrected chi connectivity index (χ0v) is 10.4. The second-order valence-corrected chi connectivity index (χ2v) is 4.55. The first-order valence-electron chi connectivity index (χ1n) is 6.32. The molecule has 1 amide bonds. The summed E-state index contributed by atoms with van der Waals surface area (Å²) in [5.41, 5.74) is 0.474. The summed E-state index contributed by atoms with van der Waals surface area (Å²) >= 11 is 0. The van der Waals surface area contributed by atoms with Gasteiger partial charge in [0.2, 0.25) is 0 Å². The van der Waals surface area contributed by atoms with Crippen LogP contribution in [0.15, 0.2) is 35.1 Å². The normalized spacial score (nSPS) is 15.7. The SMILES string of the molecule is O=C(c1cc2ccccc2[nH]c1=O)N1CCCCO1. The molecule has 0 bridgehead atoms. The molecule has 1 N–H and O–H groups in total. The Morgan fingerprint density at radius 2 is 2.11 bits per heavy atom. The highest BCUT2D eigenvalue weighted by atomic mass is 16.7. The maximum absolute atomic E-state index is 12.2. The number of amides is 1. The van der Waals surface area contributed by atoms with E-state index in [0.29, 0.717) is 13.2 Å². The minimum atomic E-state index is -0.377. The van der Waals surface area contributed by atoms with Crippen molar-refractivity contribution in [1.29, 1.82) is 0 Å². The van der Waals surface area contributed by atoms with Crippen molar-refractivity contribution in [3.8, 4) is 0 Å². The molecular weight excluding hydrogens is 244 g/mol. The van der Waals surface area contributed by atoms with Crippen LogP contribution in [0, 0.1) is 0 Å². The zero-order chi connectivity index (χ0) is 13.2. The van der Waals surface area contributed by atoms with Crippen molar-refractivity contribution in [1.82, 2.24) is 10.0 Å². The summed E-state index contributed by atoms with van der Waals surface area (Å²) in [5, 5.41) is 2.12. The van der Waals surface area contributed by atoms with Crippen molar-refractivity contribution in [2.45, 2.75) is 12.8 Å². The third-order valence-electron chi connectivity index (χ3n) is 3.21. The van der Waals surface area contributed by atoms with E-state index >= 15 is 0 Å². The van der Waals surface area contributed by atoms with Gasteiger partial charge in [0.15, 0.2) is 0 Å². The fourth-order valence-corrected chi connectivity index (χ4v) is 2.20. The molecule has 5 heteroatoms. The van der Waals surface area contributed by atoms with E-state index < -0.39 is 0 Å². The highest BCUT2D eigenvalue weighted by Gasteiger charge is 2.22. The number of fused-ring (bicyclic) bond motifs is 1. The molecule has 1 aromatic carbocycles. The predicted octanol–water partition coefficient (Wildman–Crippen LogP) is 1.70. The lowest BCUT2D eigenvalue weighted by Gasteiger charge is -2.25. The Hall–Kier alpha value is -2.14. The number of nitrogens with one attached hydrogen (secondary N) is 1. The molecule has 1 saturated heterocycles. The van der Waals surface area contributed by atoms with Gasteiger partial charge in [-0.2, -0.15) is 0 Å². The van der Waals surface area contributed by atoms with Crippen LogP contribution < -0.4 is 5.56 Å². The molecule has 19 heavy (non-hydrogen) atoms. The molecule has 0 unspecified atom stereocenters. The van der Waals surface area contributed by atoms with Crippen LogP contribution in [-0.2, 0) is 4.84 Å². The number of hydrogen-bond donors (Lipinski definition) is 1. The van der Waals surface area contributed by atoms with Gasteiger partial charge in [0.1, 0.15) is 5.56 Å². The molecule has 5 nitrogen and oxygen atoms in total. The summed E-state index contributed by atoms with van der Waals surface area (Å²) in [6, 6.07) is 9.00. The van der Waals surface area contributed by atoms with Gasteiger partial charge in [-0.25, -0.2) is 5.06 Å². The van der Waals surface area contributed by atoms with E-state index in [1.165, 1.54) is 5.06 Å². The number of hydrogen-bond acceptors (Lipinski definition) is 3. The molecule has 2 heterocycles. The Morgan fingerprint density at radius 1 is 1.26 bits per heavy atom. The fraction of sp³-hybridized carbons (Fsp3) is 0.286. The van der Waals surface area contributed by atoms with Crippen molar-refractivity contribution in [3.63, 3.8) is 0 Å². The van der Waals surface area contributed by atoms with E-state index in [-0.39, 0.29) is 17.0 Å². The summed E-state index contributed by atoms with van der Waals surface area (Å²) in [5.74, 6) is -0.369. The van der Waals surface area contributed by atoms with Crippen LogP contribution in [0.25, 0.3) is 10.9 Å². The lowest BCUT2D eigenvalue weighted by Crippen LogP contribution is -2.38. The monoisotopic (exact) mass is 258 g/mol. The summed E-state index contributed by atoms with van der Waals surface area (Å²) in [6.45, 7) is 1.06. The Balaban J connectivity index is 2.01. The van der Waals surface area contributed by atoms with E-state index in [0.717, 1.165) is 23.7 Å². The van der Waals surface area contributed by atoms with Gasteiger partial charge in [0, 0.05) is 12.1 Å². The second-order valence-electron chi connectivity index (χ2n) is 4.55. The van der Waals surface area contributed by atoms with E-state index in [1.807, 2.05) is 24.3 Å². The van der Waals surface area contributed by atoms with Crippen molar-refractivity contribution >= 4 is 16.8 Å². The van der Waals surface area contributed by atoms with Crippen molar-refractivity contribution in [3.05, 3.63) is 46.2 Å². The average Bonchev–Trinajstić information content (AvgIpc) is 2.47. The third-order valence-corrected chi connectivity index (χ3v) is 3.21. The minimum Gasteiger partial charge on any atom is -0.321 e. The van der Waals surface area contributed by atoms with Gasteiger partial charge in [-0.3, -0.25) is 14.4 Å². The largest absolute Gasteiger partial charge is 0.321 e. The fourth-order valence-electron chi connectivity index (χ4n) is 2.20. The number of H-pyrrole nitrogens is 1. The molecule has 0 spiro atoms. The number of rotatable bonds is 1. The number of nitrogens with zero attached hydrogens (tertiary/aromatic N) is 1. The smallest absolute Gasteiger partial charge is 0.283 e. The number of benzene rings is 1. The number of para-hydroxylation sites is 1. The summed E-state index contributed by atoms with van der Waals surface area (Å²) < 4.78 is 0. The van der Waals surface area contributed by atoms with Crippen LogP contribution in [0.2, 0.25) is 0 Å². The standard InChI is InChI=1S/C14H14N2O3/c17-13-11(14(18)16-7-3-4-8-19-16)9-10-5-1-2-6-12(10)15-13/h1-2,5-6,9H,3-4,7-8H2,(H,15,17). The number of aromatic nitrogens is 1. The number of carbonyl (C=O) groups is 1. The summed E-state index contributed by atoms with van der Waals surface area (Å²) in [6.07, 6.45) is 1.84. The Labute approximate surface area is 109 Å². The van der Waals surface area contributed by atoms with E-state index in [2.05, 4.69) is 4.98 Å². The molecule has 0 radical (unpaired) electrons. The van der Waals surface area contributed by atoms with Gasteiger partial charge in [0.05, 0.1) is 6.61 Å². The third kappa shape index (κ3) is 2.24. The van der Waals surface area contributed by atoms with E-state index in [9.17, 15) is 9.59 Å². The first-order valence-corrected chi connectivity index (χ1v) is 6.32. The number of pyridine rings is 1. The van der Waals surface area contributed by atoms with Gasteiger partial charge >= 0.3 is 0 Å². The van der Waals surface area contributed by atoms with Gasteiger partial charge in [-0.15, -0.1) is 0 Å². The van der Waals surface area contributed by atoms with Crippen LogP contribution in [0.3, 0.4) is 0 Å². The molecule has 1 aliphatic rings. The van der Waals surface area contributed by atoms with Crippen molar-refractivity contribution in [2.24, 2.45) is 0 Å². The molecule has 1 aromatic heterocycles. The molecule has 0 saturated carbocycles. The van der Waals surface area contributed by atoms with Crippen LogP contribution in [0.4, 0.5) is 0 Å². The van der Waals surface area contributed by atoms with Gasteiger partial charge < -0.3 is 4.98 Å². The van der Waals surface area contributed by atoms with Crippen molar-refractivity contribution in [2.75, 3.05) is 13.2 Å². The maximum Gasteiger partial charge on any atom is 0.283 e. The molecule has 98 valence electrons. The second kappa shape index (κ2) is 4.85. The minimum absolute atomic E-state index is 0.126. The molecule has 0 aliphatic carbocycles. The quantitative estimate of drug-likeness (QED) is 0.846. The highest BCUT2D eigenvalue weighted by molar-refractivity contribution is 5.96. The number of carbonyl (C=O) groups excluding carboxylic acids is 1. The topological polar surface area (TPSA) is 62.4 Å². The molecule has 1 aliphatic heterocycles. The first-order chi connectivity index (χ1) is 9.25.